The molecule has 0 unspecified atom stereocenters. The second-order valence-corrected chi connectivity index (χ2v) is 7.70. The number of anilines is 1. The highest BCUT2D eigenvalue weighted by molar-refractivity contribution is 5.73. The van der Waals surface area contributed by atoms with Gasteiger partial charge in [-0.25, -0.2) is 0 Å². The summed E-state index contributed by atoms with van der Waals surface area (Å²) in [6.45, 7) is 0.376. The summed E-state index contributed by atoms with van der Waals surface area (Å²) in [4.78, 5) is 2.09. The lowest BCUT2D eigenvalue weighted by Gasteiger charge is -2.38. The Morgan fingerprint density at radius 1 is 1.23 bits per heavy atom. The van der Waals surface area contributed by atoms with E-state index >= 15 is 0 Å². The number of aromatic nitrogens is 2. The van der Waals surface area contributed by atoms with E-state index < -0.39 is 12.7 Å². The molecule has 4 rings (SSSR count). The Hall–Kier alpha value is -2.52. The van der Waals surface area contributed by atoms with Crippen molar-refractivity contribution in [2.75, 3.05) is 18.1 Å². The molecule has 2 aliphatic rings. The van der Waals surface area contributed by atoms with Gasteiger partial charge in [-0.2, -0.15) is 8.78 Å². The van der Waals surface area contributed by atoms with Crippen LogP contribution in [0.5, 0.6) is 11.5 Å². The van der Waals surface area contributed by atoms with E-state index in [1.54, 1.807) is 0 Å². The molecule has 2 heterocycles. The quantitative estimate of drug-likeness (QED) is 0.782. The van der Waals surface area contributed by atoms with E-state index in [1.165, 1.54) is 12.1 Å². The van der Waals surface area contributed by atoms with Gasteiger partial charge in [-0.3, -0.25) is 0 Å². The average Bonchev–Trinajstić information content (AvgIpc) is 2.92. The van der Waals surface area contributed by atoms with Gasteiger partial charge < -0.3 is 24.6 Å². The number of hydrogen-bond donors (Lipinski definition) is 2. The summed E-state index contributed by atoms with van der Waals surface area (Å²) >= 11 is 0. The van der Waals surface area contributed by atoms with Crippen LogP contribution in [-0.4, -0.2) is 52.3 Å². The van der Waals surface area contributed by atoms with Crippen molar-refractivity contribution in [1.29, 1.82) is 0 Å². The van der Waals surface area contributed by atoms with E-state index in [-0.39, 0.29) is 17.5 Å². The van der Waals surface area contributed by atoms with Crippen LogP contribution in [0.3, 0.4) is 0 Å². The molecular formula is C21H25F2N3O4. The number of benzene rings is 1. The third kappa shape index (κ3) is 4.04. The van der Waals surface area contributed by atoms with Crippen LogP contribution in [0.1, 0.15) is 36.8 Å². The monoisotopic (exact) mass is 421 g/mol. The lowest BCUT2D eigenvalue weighted by molar-refractivity contribution is -0.0499. The van der Waals surface area contributed by atoms with Gasteiger partial charge in [0.15, 0.2) is 5.82 Å². The third-order valence-electron chi connectivity index (χ3n) is 5.86. The molecule has 1 aliphatic carbocycles. The van der Waals surface area contributed by atoms with Crippen LogP contribution in [0, 0.1) is 6.92 Å². The first kappa shape index (κ1) is 20.7. The van der Waals surface area contributed by atoms with Gasteiger partial charge in [0.25, 0.3) is 0 Å². The van der Waals surface area contributed by atoms with Gasteiger partial charge >= 0.3 is 6.61 Å². The van der Waals surface area contributed by atoms with Crippen molar-refractivity contribution in [3.63, 3.8) is 0 Å². The minimum atomic E-state index is -2.97. The van der Waals surface area contributed by atoms with E-state index in [9.17, 15) is 19.0 Å². The number of aliphatic hydroxyl groups is 1. The van der Waals surface area contributed by atoms with Gasteiger partial charge in [0, 0.05) is 23.7 Å². The SMILES string of the molecule is Cc1c(-c2ccc(OC(F)F)cc2O)nnc2c1COCCN2[C@@H]1CCCC[C@H]1O. The highest BCUT2D eigenvalue weighted by Crippen LogP contribution is 2.38. The molecule has 2 aromatic rings. The lowest BCUT2D eigenvalue weighted by atomic mass is 9.91. The van der Waals surface area contributed by atoms with Crippen LogP contribution in [0.2, 0.25) is 0 Å². The number of hydrogen-bond acceptors (Lipinski definition) is 7. The number of ether oxygens (including phenoxy) is 2. The maximum absolute atomic E-state index is 12.4. The normalized spacial score (nSPS) is 22.0. The summed E-state index contributed by atoms with van der Waals surface area (Å²) in [5.74, 6) is 0.337. The second-order valence-electron chi connectivity index (χ2n) is 7.70. The third-order valence-corrected chi connectivity index (χ3v) is 5.86. The minimum absolute atomic E-state index is 0.0297. The number of aliphatic hydroxyl groups excluding tert-OH is 1. The molecular weight excluding hydrogens is 396 g/mol. The van der Waals surface area contributed by atoms with Crippen LogP contribution in [0.15, 0.2) is 18.2 Å². The molecule has 0 saturated heterocycles. The van der Waals surface area contributed by atoms with Crippen molar-refractivity contribution in [2.24, 2.45) is 0 Å². The zero-order chi connectivity index (χ0) is 21.3. The first-order chi connectivity index (χ1) is 14.5. The van der Waals surface area contributed by atoms with Crippen LogP contribution in [0.4, 0.5) is 14.6 Å². The Kier molecular flexibility index (Phi) is 6.01. The lowest BCUT2D eigenvalue weighted by Crippen LogP contribution is -2.47. The molecule has 1 saturated carbocycles. The van der Waals surface area contributed by atoms with Crippen molar-refractivity contribution in [3.8, 4) is 22.8 Å². The standard InChI is InChI=1S/C21H25F2N3O4/c1-12-15-11-29-9-8-26(16-4-2-3-5-17(16)27)20(15)25-24-19(12)14-7-6-13(10-18(14)28)30-21(22)23/h6-7,10,16-17,21,27-28H,2-5,8-9,11H2,1H3/t16-,17-/m1/s1. The summed E-state index contributed by atoms with van der Waals surface area (Å²) in [5, 5.41) is 29.7. The molecule has 0 radical (unpaired) electrons. The Morgan fingerprint density at radius 2 is 2.03 bits per heavy atom. The van der Waals surface area contributed by atoms with Crippen molar-refractivity contribution in [3.05, 3.63) is 29.3 Å². The summed E-state index contributed by atoms with van der Waals surface area (Å²) in [7, 11) is 0. The topological polar surface area (TPSA) is 87.9 Å². The largest absolute Gasteiger partial charge is 0.507 e. The van der Waals surface area contributed by atoms with Gasteiger partial charge in [0.2, 0.25) is 0 Å². The Labute approximate surface area is 173 Å². The van der Waals surface area contributed by atoms with E-state index in [2.05, 4.69) is 19.8 Å². The van der Waals surface area contributed by atoms with Gasteiger partial charge in [-0.05, 0) is 37.5 Å². The fourth-order valence-electron chi connectivity index (χ4n) is 4.31. The van der Waals surface area contributed by atoms with Crippen LogP contribution in [0.25, 0.3) is 11.3 Å². The molecule has 1 fully saturated rings. The average molecular weight is 421 g/mol. The number of rotatable bonds is 4. The number of fused-ring (bicyclic) bond motifs is 1. The summed E-state index contributed by atoms with van der Waals surface area (Å²) in [6, 6.07) is 3.94. The van der Waals surface area contributed by atoms with Crippen molar-refractivity contribution in [1.82, 2.24) is 10.2 Å². The minimum Gasteiger partial charge on any atom is -0.507 e. The zero-order valence-electron chi connectivity index (χ0n) is 16.7. The molecule has 0 spiro atoms. The van der Waals surface area contributed by atoms with E-state index in [4.69, 9.17) is 4.74 Å². The van der Waals surface area contributed by atoms with Crippen LogP contribution >= 0.6 is 0 Å². The molecule has 0 amide bonds. The fraction of sp³-hybridized carbons (Fsp3) is 0.524. The van der Waals surface area contributed by atoms with E-state index in [0.717, 1.165) is 42.9 Å². The molecule has 162 valence electrons. The van der Waals surface area contributed by atoms with Crippen LogP contribution < -0.4 is 9.64 Å². The molecule has 0 bridgehead atoms. The number of alkyl halides is 2. The number of nitrogens with zero attached hydrogens (tertiary/aromatic N) is 3. The predicted octanol–water partition coefficient (Wildman–Crippen LogP) is 3.40. The Bertz CT molecular complexity index is 912. The number of phenolic OH excluding ortho intramolecular Hbond substituents is 1. The molecule has 2 atom stereocenters. The fourth-order valence-corrected chi connectivity index (χ4v) is 4.31. The molecule has 30 heavy (non-hydrogen) atoms. The van der Waals surface area contributed by atoms with Gasteiger partial charge in [0.05, 0.1) is 25.4 Å². The van der Waals surface area contributed by atoms with Gasteiger partial charge in [-0.15, -0.1) is 10.2 Å². The summed E-state index contributed by atoms with van der Waals surface area (Å²) < 4.78 is 35.0. The van der Waals surface area contributed by atoms with Crippen molar-refractivity contribution in [2.45, 2.75) is 58.0 Å². The number of phenols is 1. The number of aromatic hydroxyl groups is 1. The maximum Gasteiger partial charge on any atom is 0.387 e. The zero-order valence-corrected chi connectivity index (χ0v) is 16.7. The maximum atomic E-state index is 12.4. The van der Waals surface area contributed by atoms with Gasteiger partial charge in [0.1, 0.15) is 17.2 Å². The molecule has 2 N–H and O–H groups in total. The highest BCUT2D eigenvalue weighted by atomic mass is 19.3. The first-order valence-corrected chi connectivity index (χ1v) is 10.1. The van der Waals surface area contributed by atoms with Crippen molar-refractivity contribution >= 4 is 5.82 Å². The van der Waals surface area contributed by atoms with Crippen LogP contribution in [-0.2, 0) is 11.3 Å². The van der Waals surface area contributed by atoms with E-state index in [1.807, 2.05) is 6.92 Å². The van der Waals surface area contributed by atoms with E-state index in [0.29, 0.717) is 36.8 Å². The molecule has 1 aromatic heterocycles. The Morgan fingerprint density at radius 3 is 2.77 bits per heavy atom. The summed E-state index contributed by atoms with van der Waals surface area (Å²) in [6.07, 6.45) is 3.30. The number of halogens is 2. The smallest absolute Gasteiger partial charge is 0.387 e. The molecule has 7 nitrogen and oxygen atoms in total. The molecule has 1 aliphatic heterocycles. The second kappa shape index (κ2) is 8.69. The van der Waals surface area contributed by atoms with Gasteiger partial charge in [-0.1, -0.05) is 12.8 Å². The molecule has 9 heteroatoms. The molecule has 1 aromatic carbocycles. The highest BCUT2D eigenvalue weighted by Gasteiger charge is 2.33. The Balaban J connectivity index is 1.71. The first-order valence-electron chi connectivity index (χ1n) is 10.1. The predicted molar refractivity (Wildman–Crippen MR) is 106 cm³/mol. The van der Waals surface area contributed by atoms with Crippen molar-refractivity contribution < 1.29 is 28.5 Å². The summed E-state index contributed by atoms with van der Waals surface area (Å²) in [5.41, 5.74) is 2.46.